The summed E-state index contributed by atoms with van der Waals surface area (Å²) in [5, 5.41) is 10.5. The molecule has 0 saturated heterocycles. The maximum atomic E-state index is 13.0. The van der Waals surface area contributed by atoms with Gasteiger partial charge in [-0.2, -0.15) is 0 Å². The van der Waals surface area contributed by atoms with Crippen LogP contribution in [0.2, 0.25) is 0 Å². The maximum absolute atomic E-state index is 13.0. The summed E-state index contributed by atoms with van der Waals surface area (Å²) >= 11 is 0. The van der Waals surface area contributed by atoms with Gasteiger partial charge in [0.1, 0.15) is 19.3 Å². The van der Waals surface area contributed by atoms with Crippen molar-refractivity contribution in [2.45, 2.75) is 355 Å². The van der Waals surface area contributed by atoms with Crippen LogP contribution in [0, 0.1) is 5.92 Å². The standard InChI is InChI=1S/C66H128O17P2/c1-6-9-12-15-17-19-21-23-25-27-33-37-42-47-52-66(71)83-62(56-77-64(69)50-45-40-35-31-29-28-30-34-39-43-48-59(4)5)58-81-85(74,75)79-54-60(67)53-78-84(72,73)80-57-61(55-76-63(68)49-44-38-14-11-8-3)82-65(70)51-46-41-36-32-26-24-22-20-18-16-13-10-7-2/h59-62,67H,6-58H2,1-5H3,(H,72,73)(H,74,75)/t60-,61+,62+/m0/s1. The number of carbonyl (C=O) groups excluding carboxylic acids is 4. The van der Waals surface area contributed by atoms with Gasteiger partial charge in [0.15, 0.2) is 12.2 Å². The van der Waals surface area contributed by atoms with Crippen molar-refractivity contribution in [2.24, 2.45) is 5.92 Å². The third-order valence-corrected chi connectivity index (χ3v) is 17.2. The van der Waals surface area contributed by atoms with Gasteiger partial charge in [-0.05, 0) is 31.6 Å². The molecule has 5 atom stereocenters. The largest absolute Gasteiger partial charge is 0.472 e. The van der Waals surface area contributed by atoms with Crippen molar-refractivity contribution in [3.8, 4) is 0 Å². The molecule has 0 fully saturated rings. The van der Waals surface area contributed by atoms with Crippen LogP contribution < -0.4 is 0 Å². The van der Waals surface area contributed by atoms with Crippen LogP contribution in [0.1, 0.15) is 336 Å². The lowest BCUT2D eigenvalue weighted by atomic mass is 10.0. The molecule has 0 aliphatic heterocycles. The summed E-state index contributed by atoms with van der Waals surface area (Å²) in [7, 11) is -9.88. The van der Waals surface area contributed by atoms with E-state index in [-0.39, 0.29) is 25.7 Å². The fraction of sp³-hybridized carbons (Fsp3) is 0.939. The number of aliphatic hydroxyl groups is 1. The quantitative estimate of drug-likeness (QED) is 0.0222. The summed E-state index contributed by atoms with van der Waals surface area (Å²) in [6, 6.07) is 0. The average molecular weight is 1260 g/mol. The molecule has 19 heteroatoms. The van der Waals surface area contributed by atoms with Crippen molar-refractivity contribution in [3.05, 3.63) is 0 Å². The minimum Gasteiger partial charge on any atom is -0.462 e. The van der Waals surface area contributed by atoms with Crippen LogP contribution in [0.25, 0.3) is 0 Å². The van der Waals surface area contributed by atoms with Crippen molar-refractivity contribution in [3.63, 3.8) is 0 Å². The first kappa shape index (κ1) is 83.1. The minimum atomic E-state index is -4.94. The molecule has 2 unspecified atom stereocenters. The summed E-state index contributed by atoms with van der Waals surface area (Å²) < 4.78 is 67.9. The zero-order valence-corrected chi connectivity index (χ0v) is 56.5. The molecule has 0 amide bonds. The summed E-state index contributed by atoms with van der Waals surface area (Å²) in [6.07, 6.45) is 44.7. The highest BCUT2D eigenvalue weighted by molar-refractivity contribution is 7.47. The molecule has 0 aromatic rings. The molecule has 0 bridgehead atoms. The van der Waals surface area contributed by atoms with Crippen molar-refractivity contribution >= 4 is 39.5 Å². The van der Waals surface area contributed by atoms with E-state index in [1.54, 1.807) is 0 Å². The molecule has 17 nitrogen and oxygen atoms in total. The Labute approximate surface area is 517 Å². The van der Waals surface area contributed by atoms with Crippen molar-refractivity contribution < 1.29 is 80.2 Å². The lowest BCUT2D eigenvalue weighted by molar-refractivity contribution is -0.161. The second kappa shape index (κ2) is 59.7. The smallest absolute Gasteiger partial charge is 0.462 e. The second-order valence-corrected chi connectivity index (χ2v) is 27.2. The van der Waals surface area contributed by atoms with E-state index >= 15 is 0 Å². The average Bonchev–Trinajstić information content (AvgIpc) is 3.57. The SMILES string of the molecule is CCCCCCCCCCCCCCCCC(=O)O[C@H](COC(=O)CCCCCCCCCCCCC(C)C)COP(=O)(O)OC[C@@H](O)COP(=O)(O)OC[C@@H](COC(=O)CCCCCCC)OC(=O)CCCCCCCCCCCCCCC. The normalized spacial score (nSPS) is 14.2. The van der Waals surface area contributed by atoms with Gasteiger partial charge in [0.05, 0.1) is 26.4 Å². The van der Waals surface area contributed by atoms with E-state index in [4.69, 9.17) is 37.0 Å². The highest BCUT2D eigenvalue weighted by atomic mass is 31.2. The molecule has 85 heavy (non-hydrogen) atoms. The first-order chi connectivity index (χ1) is 41.0. The number of hydrogen-bond donors (Lipinski definition) is 3. The maximum Gasteiger partial charge on any atom is 0.472 e. The number of rotatable bonds is 66. The number of aliphatic hydroxyl groups excluding tert-OH is 1. The summed E-state index contributed by atoms with van der Waals surface area (Å²) in [5.74, 6) is -1.38. The molecule has 0 spiro atoms. The van der Waals surface area contributed by atoms with Crippen LogP contribution in [0.4, 0.5) is 0 Å². The first-order valence-corrected chi connectivity index (χ1v) is 37.6. The monoisotopic (exact) mass is 1250 g/mol. The lowest BCUT2D eigenvalue weighted by Gasteiger charge is -2.21. The van der Waals surface area contributed by atoms with Gasteiger partial charge in [0.25, 0.3) is 0 Å². The predicted octanol–water partition coefficient (Wildman–Crippen LogP) is 18.6. The Morgan fingerprint density at radius 1 is 0.318 bits per heavy atom. The van der Waals surface area contributed by atoms with Crippen LogP contribution >= 0.6 is 15.6 Å². The Morgan fingerprint density at radius 3 is 0.800 bits per heavy atom. The zero-order valence-electron chi connectivity index (χ0n) is 54.7. The summed E-state index contributed by atoms with van der Waals surface area (Å²) in [4.78, 5) is 72.1. The van der Waals surface area contributed by atoms with Gasteiger partial charge in [0, 0.05) is 25.7 Å². The van der Waals surface area contributed by atoms with Crippen molar-refractivity contribution in [1.29, 1.82) is 0 Å². The zero-order chi connectivity index (χ0) is 62.8. The van der Waals surface area contributed by atoms with E-state index in [9.17, 15) is 43.2 Å². The topological polar surface area (TPSA) is 237 Å². The highest BCUT2D eigenvalue weighted by Crippen LogP contribution is 2.45. The lowest BCUT2D eigenvalue weighted by Crippen LogP contribution is -2.30. The van der Waals surface area contributed by atoms with E-state index in [0.717, 1.165) is 102 Å². The number of phosphoric ester groups is 2. The van der Waals surface area contributed by atoms with Crippen LogP contribution in [0.3, 0.4) is 0 Å². The Hall–Kier alpha value is -1.94. The van der Waals surface area contributed by atoms with Gasteiger partial charge < -0.3 is 33.8 Å². The molecule has 0 aromatic heterocycles. The Balaban J connectivity index is 5.17. The number of carbonyl (C=O) groups is 4. The van der Waals surface area contributed by atoms with E-state index < -0.39 is 97.5 Å². The van der Waals surface area contributed by atoms with Gasteiger partial charge >= 0.3 is 39.5 Å². The van der Waals surface area contributed by atoms with E-state index in [2.05, 4.69) is 34.6 Å². The van der Waals surface area contributed by atoms with E-state index in [1.165, 1.54) is 154 Å². The van der Waals surface area contributed by atoms with Gasteiger partial charge in [-0.25, -0.2) is 9.13 Å². The number of esters is 4. The minimum absolute atomic E-state index is 0.107. The predicted molar refractivity (Wildman–Crippen MR) is 340 cm³/mol. The summed E-state index contributed by atoms with van der Waals surface area (Å²) in [5.41, 5.74) is 0. The molecule has 0 aliphatic rings. The fourth-order valence-electron chi connectivity index (χ4n) is 9.94. The van der Waals surface area contributed by atoms with Crippen LogP contribution in [0.5, 0.6) is 0 Å². The van der Waals surface area contributed by atoms with Crippen molar-refractivity contribution in [2.75, 3.05) is 39.6 Å². The molecule has 0 heterocycles. The molecule has 3 N–H and O–H groups in total. The molecule has 504 valence electrons. The Morgan fingerprint density at radius 2 is 0.541 bits per heavy atom. The van der Waals surface area contributed by atoms with Crippen LogP contribution in [-0.2, 0) is 65.4 Å². The molecular formula is C66H128O17P2. The van der Waals surface area contributed by atoms with Gasteiger partial charge in [-0.3, -0.25) is 37.3 Å². The highest BCUT2D eigenvalue weighted by Gasteiger charge is 2.30. The molecule has 0 aromatic carbocycles. The second-order valence-electron chi connectivity index (χ2n) is 24.3. The Kier molecular flexibility index (Phi) is 58.3. The van der Waals surface area contributed by atoms with Gasteiger partial charge in [0.2, 0.25) is 0 Å². The van der Waals surface area contributed by atoms with Crippen LogP contribution in [-0.4, -0.2) is 96.7 Å². The molecular weight excluding hydrogens is 1130 g/mol. The van der Waals surface area contributed by atoms with Crippen molar-refractivity contribution in [1.82, 2.24) is 0 Å². The molecule has 0 saturated carbocycles. The first-order valence-electron chi connectivity index (χ1n) is 34.6. The number of phosphoric acid groups is 2. The molecule has 0 rings (SSSR count). The molecule has 0 radical (unpaired) electrons. The fourth-order valence-corrected chi connectivity index (χ4v) is 11.5. The number of ether oxygens (including phenoxy) is 4. The number of hydrogen-bond acceptors (Lipinski definition) is 15. The van der Waals surface area contributed by atoms with Gasteiger partial charge in [-0.15, -0.1) is 0 Å². The van der Waals surface area contributed by atoms with Gasteiger partial charge in [-0.1, -0.05) is 285 Å². The number of unbranched alkanes of at least 4 members (excludes halogenated alkanes) is 38. The van der Waals surface area contributed by atoms with E-state index in [1.807, 2.05) is 0 Å². The molecule has 0 aliphatic carbocycles. The summed E-state index contributed by atoms with van der Waals surface area (Å²) in [6.45, 7) is 7.13. The third kappa shape index (κ3) is 60.7. The van der Waals surface area contributed by atoms with E-state index in [0.29, 0.717) is 25.7 Å². The third-order valence-electron chi connectivity index (χ3n) is 15.3. The Bertz CT molecular complexity index is 1650. The van der Waals surface area contributed by atoms with Crippen LogP contribution in [0.15, 0.2) is 0 Å².